The molecule has 3 aliphatic rings. The van der Waals surface area contributed by atoms with Crippen LogP contribution in [-0.4, -0.2) is 81.4 Å². The van der Waals surface area contributed by atoms with Crippen LogP contribution in [0.3, 0.4) is 0 Å². The Labute approximate surface area is 254 Å². The number of urea groups is 1. The molecule has 2 saturated heterocycles. The van der Waals surface area contributed by atoms with Crippen molar-refractivity contribution in [3.63, 3.8) is 0 Å². The van der Waals surface area contributed by atoms with E-state index in [0.29, 0.717) is 49.7 Å². The average Bonchev–Trinajstić information content (AvgIpc) is 3.24. The maximum Gasteiger partial charge on any atom is 0.338 e. The van der Waals surface area contributed by atoms with E-state index in [0.717, 1.165) is 29.7 Å². The number of ether oxygens (including phenoxy) is 1. The molecule has 12 heteroatoms. The van der Waals surface area contributed by atoms with E-state index in [1.165, 1.54) is 41.1 Å². The number of anilines is 2. The molecular formula is C32H33N7O5. The van der Waals surface area contributed by atoms with Gasteiger partial charge in [0.1, 0.15) is 17.7 Å². The molecule has 3 aromatic rings. The number of allylic oxidation sites excluding steroid dienone is 1. The Hall–Kier alpha value is -4.97. The minimum Gasteiger partial charge on any atom is -0.481 e. The van der Waals surface area contributed by atoms with Crippen molar-refractivity contribution in [3.8, 4) is 17.1 Å². The summed E-state index contributed by atoms with van der Waals surface area (Å²) in [5.41, 5.74) is 3.83. The lowest BCUT2D eigenvalue weighted by Gasteiger charge is -2.41. The minimum atomic E-state index is -1.14. The van der Waals surface area contributed by atoms with Crippen LogP contribution in [0.2, 0.25) is 0 Å². The Bertz CT molecular complexity index is 1690. The lowest BCUT2D eigenvalue weighted by atomic mass is 9.85. The van der Waals surface area contributed by atoms with Gasteiger partial charge in [0.2, 0.25) is 5.88 Å². The fourth-order valence-electron chi connectivity index (χ4n) is 6.16. The molecule has 3 amide bonds. The molecule has 0 radical (unpaired) electrons. The number of nitrogens with zero attached hydrogens (tertiary/aromatic N) is 7. The SMILES string of the molecule is COc1cc(N2C(=O)N(c3ccc(-c4ccc(C(=O)O)cc4C)nc3)C(=O)C23CCN(CC2=C(C)CCC=N2)CC3)ncn1. The molecular weight excluding hydrogens is 562 g/mol. The molecule has 6 rings (SSSR count). The summed E-state index contributed by atoms with van der Waals surface area (Å²) in [6.45, 7) is 5.82. The number of rotatable bonds is 7. The Morgan fingerprint density at radius 3 is 2.50 bits per heavy atom. The number of imide groups is 1. The molecule has 1 N–H and O–H groups in total. The van der Waals surface area contributed by atoms with E-state index in [-0.39, 0.29) is 17.4 Å². The zero-order valence-corrected chi connectivity index (χ0v) is 24.9. The summed E-state index contributed by atoms with van der Waals surface area (Å²) in [6.07, 6.45) is 7.56. The molecule has 0 aliphatic carbocycles. The summed E-state index contributed by atoms with van der Waals surface area (Å²) in [6, 6.07) is 9.28. The lowest BCUT2D eigenvalue weighted by Crippen LogP contribution is -2.57. The van der Waals surface area contributed by atoms with Gasteiger partial charge in [0.05, 0.1) is 35.9 Å². The van der Waals surface area contributed by atoms with Crippen LogP contribution in [0.1, 0.15) is 48.5 Å². The third kappa shape index (κ3) is 5.11. The van der Waals surface area contributed by atoms with Gasteiger partial charge in [-0.15, -0.1) is 0 Å². The summed E-state index contributed by atoms with van der Waals surface area (Å²) in [7, 11) is 1.48. The molecule has 2 fully saturated rings. The second kappa shape index (κ2) is 11.6. The lowest BCUT2D eigenvalue weighted by molar-refractivity contribution is -0.123. The fourth-order valence-corrected chi connectivity index (χ4v) is 6.16. The number of aromatic nitrogens is 3. The van der Waals surface area contributed by atoms with Crippen LogP contribution >= 0.6 is 0 Å². The Kier molecular flexibility index (Phi) is 7.68. The maximum absolute atomic E-state index is 14.3. The number of hydrogen-bond donors (Lipinski definition) is 1. The zero-order valence-electron chi connectivity index (χ0n) is 24.9. The van der Waals surface area contributed by atoms with Crippen molar-refractivity contribution >= 4 is 35.6 Å². The van der Waals surface area contributed by atoms with Crippen molar-refractivity contribution in [2.75, 3.05) is 36.5 Å². The normalized spacial score (nSPS) is 18.4. The number of benzene rings is 1. The quantitative estimate of drug-likeness (QED) is 0.391. The standard InChI is InChI=1S/C32H33N7O5/c1-20-5-4-12-33-26(20)18-37-13-10-32(11-14-37)30(42)38(31(43)39(32)27-16-28(44-3)36-19-35-27)23-7-9-25(34-17-23)24-8-6-22(29(40)41)15-21(24)2/h6-9,12,15-17,19H,4-5,10-11,13-14,18H2,1-3H3,(H,40,41). The first-order chi connectivity index (χ1) is 21.2. The topological polar surface area (TPSA) is 141 Å². The van der Waals surface area contributed by atoms with Gasteiger partial charge in [0.15, 0.2) is 0 Å². The number of pyridine rings is 1. The van der Waals surface area contributed by atoms with E-state index >= 15 is 0 Å². The van der Waals surface area contributed by atoms with Gasteiger partial charge in [0.25, 0.3) is 5.91 Å². The van der Waals surface area contributed by atoms with E-state index in [2.05, 4.69) is 31.8 Å². The summed E-state index contributed by atoms with van der Waals surface area (Å²) in [5, 5.41) is 9.30. The Balaban J connectivity index is 1.31. The van der Waals surface area contributed by atoms with Gasteiger partial charge in [-0.1, -0.05) is 11.6 Å². The van der Waals surface area contributed by atoms with E-state index in [4.69, 9.17) is 4.74 Å². The van der Waals surface area contributed by atoms with Crippen LogP contribution in [0, 0.1) is 6.92 Å². The zero-order chi connectivity index (χ0) is 31.0. The average molecular weight is 596 g/mol. The van der Waals surface area contributed by atoms with Crippen LogP contribution in [0.25, 0.3) is 11.3 Å². The summed E-state index contributed by atoms with van der Waals surface area (Å²) >= 11 is 0. The number of aromatic carboxylic acids is 1. The first-order valence-corrected chi connectivity index (χ1v) is 14.5. The van der Waals surface area contributed by atoms with Crippen LogP contribution in [-0.2, 0) is 4.79 Å². The van der Waals surface area contributed by atoms with Gasteiger partial charge in [-0.05, 0) is 69.4 Å². The van der Waals surface area contributed by atoms with E-state index in [1.54, 1.807) is 30.3 Å². The molecule has 12 nitrogen and oxygen atoms in total. The Morgan fingerprint density at radius 2 is 1.84 bits per heavy atom. The first kappa shape index (κ1) is 29.1. The molecule has 3 aliphatic heterocycles. The number of carbonyl (C=O) groups is 3. The second-order valence-electron chi connectivity index (χ2n) is 11.3. The van der Waals surface area contributed by atoms with Gasteiger partial charge in [-0.2, -0.15) is 0 Å². The Morgan fingerprint density at radius 1 is 1.05 bits per heavy atom. The molecule has 226 valence electrons. The highest BCUT2D eigenvalue weighted by Crippen LogP contribution is 2.42. The second-order valence-corrected chi connectivity index (χ2v) is 11.3. The van der Waals surface area contributed by atoms with E-state index < -0.39 is 17.5 Å². The number of hydrogen-bond acceptors (Lipinski definition) is 9. The van der Waals surface area contributed by atoms with Gasteiger partial charge < -0.3 is 9.84 Å². The molecule has 1 aromatic carbocycles. The molecule has 0 saturated carbocycles. The highest BCUT2D eigenvalue weighted by atomic mass is 16.5. The predicted octanol–water partition coefficient (Wildman–Crippen LogP) is 4.50. The van der Waals surface area contributed by atoms with Crippen molar-refractivity contribution < 1.29 is 24.2 Å². The van der Waals surface area contributed by atoms with Crippen LogP contribution in [0.15, 0.2) is 65.2 Å². The van der Waals surface area contributed by atoms with Gasteiger partial charge in [-0.25, -0.2) is 24.5 Å². The molecule has 1 spiro atoms. The minimum absolute atomic E-state index is 0.187. The number of carboxylic acid groups (broad SMARTS) is 1. The van der Waals surface area contributed by atoms with Gasteiger partial charge in [0, 0.05) is 37.5 Å². The van der Waals surface area contributed by atoms with Crippen LogP contribution in [0.4, 0.5) is 16.3 Å². The van der Waals surface area contributed by atoms with Gasteiger partial charge >= 0.3 is 12.0 Å². The maximum atomic E-state index is 14.3. The number of carbonyl (C=O) groups excluding carboxylic acids is 2. The molecule has 0 unspecified atom stereocenters. The van der Waals surface area contributed by atoms with Crippen molar-refractivity contribution in [1.82, 2.24) is 19.9 Å². The smallest absolute Gasteiger partial charge is 0.338 e. The first-order valence-electron chi connectivity index (χ1n) is 14.5. The van der Waals surface area contributed by atoms with Gasteiger partial charge in [-0.3, -0.25) is 24.6 Å². The summed E-state index contributed by atoms with van der Waals surface area (Å²) in [5.74, 6) is -0.758. The number of aliphatic imine (C=N–C) groups is 1. The van der Waals surface area contributed by atoms with E-state index in [1.807, 2.05) is 13.1 Å². The highest BCUT2D eigenvalue weighted by Gasteiger charge is 2.59. The summed E-state index contributed by atoms with van der Waals surface area (Å²) < 4.78 is 5.30. The third-order valence-corrected chi connectivity index (χ3v) is 8.68. The predicted molar refractivity (Wildman–Crippen MR) is 164 cm³/mol. The van der Waals surface area contributed by atoms with Crippen molar-refractivity contribution in [2.45, 2.75) is 45.1 Å². The van der Waals surface area contributed by atoms with Crippen LogP contribution < -0.4 is 14.5 Å². The monoisotopic (exact) mass is 595 g/mol. The molecule has 44 heavy (non-hydrogen) atoms. The largest absolute Gasteiger partial charge is 0.481 e. The third-order valence-electron chi connectivity index (χ3n) is 8.68. The molecule has 5 heterocycles. The number of piperidine rings is 1. The molecule has 0 bridgehead atoms. The summed E-state index contributed by atoms with van der Waals surface area (Å²) in [4.78, 5) is 62.4. The highest BCUT2D eigenvalue weighted by molar-refractivity contribution is 6.30. The van der Waals surface area contributed by atoms with Crippen molar-refractivity contribution in [1.29, 1.82) is 0 Å². The van der Waals surface area contributed by atoms with Crippen molar-refractivity contribution in [2.24, 2.45) is 4.99 Å². The van der Waals surface area contributed by atoms with Crippen LogP contribution in [0.5, 0.6) is 5.88 Å². The number of amides is 3. The van der Waals surface area contributed by atoms with E-state index in [9.17, 15) is 19.5 Å². The number of likely N-dealkylation sites (tertiary alicyclic amines) is 1. The molecule has 2 aromatic heterocycles. The molecule has 0 atom stereocenters. The number of carboxylic acids is 1. The fraction of sp³-hybridized carbons (Fsp3) is 0.344. The number of aryl methyl sites for hydroxylation is 1. The number of methoxy groups -OCH3 is 1. The van der Waals surface area contributed by atoms with Crippen molar-refractivity contribution in [3.05, 3.63) is 71.3 Å².